The minimum Gasteiger partial charge on any atom is -0.493 e. The number of para-hydroxylation sites is 1. The maximum atomic E-state index is 12.3. The molecular weight excluding hydrogens is 324 g/mol. The molecule has 0 N–H and O–H groups in total. The summed E-state index contributed by atoms with van der Waals surface area (Å²) in [7, 11) is -0.937. The van der Waals surface area contributed by atoms with Gasteiger partial charge < -0.3 is 9.47 Å². The van der Waals surface area contributed by atoms with Gasteiger partial charge in [0.2, 0.25) is 0 Å². The van der Waals surface area contributed by atoms with E-state index in [1.807, 2.05) is 30.3 Å². The number of rotatable bonds is 5. The van der Waals surface area contributed by atoms with Crippen LogP contribution in [0, 0.1) is 0 Å². The first-order valence-electron chi connectivity index (χ1n) is 7.91. The van der Waals surface area contributed by atoms with Crippen LogP contribution in [0.2, 0.25) is 0 Å². The van der Waals surface area contributed by atoms with E-state index in [1.54, 1.807) is 24.5 Å². The number of carbonyl (C=O) groups excluding carboxylic acids is 1. The number of esters is 1. The van der Waals surface area contributed by atoms with Gasteiger partial charge in [0.25, 0.3) is 0 Å². The summed E-state index contributed by atoms with van der Waals surface area (Å²) in [6.45, 7) is 0.972. The van der Waals surface area contributed by atoms with Gasteiger partial charge in [-0.15, -0.1) is 0 Å². The Morgan fingerprint density at radius 1 is 1.25 bits per heavy atom. The number of fused-ring (bicyclic) bond motifs is 1. The van der Waals surface area contributed by atoms with Crippen molar-refractivity contribution in [3.8, 4) is 5.75 Å². The van der Waals surface area contributed by atoms with Crippen LogP contribution in [0.25, 0.3) is 0 Å². The van der Waals surface area contributed by atoms with Crippen LogP contribution in [-0.2, 0) is 21.3 Å². The highest BCUT2D eigenvalue weighted by Crippen LogP contribution is 2.33. The maximum absolute atomic E-state index is 12.3. The average Bonchev–Trinajstić information content (AvgIpc) is 2.59. The van der Waals surface area contributed by atoms with Crippen LogP contribution < -0.4 is 4.74 Å². The lowest BCUT2D eigenvalue weighted by Crippen LogP contribution is -2.20. The summed E-state index contributed by atoms with van der Waals surface area (Å²) < 4.78 is 22.5. The molecule has 0 fully saturated rings. The summed E-state index contributed by atoms with van der Waals surface area (Å²) in [5.74, 6) is 1.12. The molecule has 24 heavy (non-hydrogen) atoms. The fourth-order valence-corrected chi connectivity index (χ4v) is 3.52. The van der Waals surface area contributed by atoms with E-state index in [2.05, 4.69) is 0 Å². The summed E-state index contributed by atoms with van der Waals surface area (Å²) in [4.78, 5) is 12.3. The Balaban J connectivity index is 1.65. The molecule has 1 heterocycles. The molecule has 126 valence electrons. The molecule has 0 aliphatic carbocycles. The van der Waals surface area contributed by atoms with Crippen LogP contribution in [0.1, 0.15) is 33.8 Å². The maximum Gasteiger partial charge on any atom is 0.338 e. The lowest BCUT2D eigenvalue weighted by Gasteiger charge is -2.25. The molecule has 3 rings (SSSR count). The molecule has 0 amide bonds. The molecule has 2 atom stereocenters. The van der Waals surface area contributed by atoms with E-state index >= 15 is 0 Å². The standard InChI is InChI=1S/C19H20O4S/c1-24(21)13-14-5-4-6-15(11-14)19(20)23-12-16-9-10-22-18-8-3-2-7-17(16)18/h2-8,11,16H,9-10,12-13H2,1H3/t16-,24-/m1/s1. The SMILES string of the molecule is C[S@@](=O)Cc1cccc(C(=O)OC[C@H]2CCOc3ccccc32)c1. The third-order valence-electron chi connectivity index (χ3n) is 4.03. The Bertz CT molecular complexity index is 757. The molecule has 4 nitrogen and oxygen atoms in total. The zero-order valence-corrected chi connectivity index (χ0v) is 14.4. The lowest BCUT2D eigenvalue weighted by atomic mass is 9.94. The van der Waals surface area contributed by atoms with Crippen molar-refractivity contribution in [1.29, 1.82) is 0 Å². The van der Waals surface area contributed by atoms with E-state index in [1.165, 1.54) is 0 Å². The van der Waals surface area contributed by atoms with Gasteiger partial charge in [0, 0.05) is 34.3 Å². The largest absolute Gasteiger partial charge is 0.493 e. The van der Waals surface area contributed by atoms with Gasteiger partial charge in [-0.1, -0.05) is 30.3 Å². The minimum absolute atomic E-state index is 0.158. The van der Waals surface area contributed by atoms with Gasteiger partial charge >= 0.3 is 5.97 Å². The zero-order valence-electron chi connectivity index (χ0n) is 13.6. The second kappa shape index (κ2) is 7.62. The number of hydrogen-bond acceptors (Lipinski definition) is 4. The van der Waals surface area contributed by atoms with Crippen molar-refractivity contribution in [2.24, 2.45) is 0 Å². The first-order chi connectivity index (χ1) is 11.6. The monoisotopic (exact) mass is 344 g/mol. The highest BCUT2D eigenvalue weighted by atomic mass is 32.2. The summed E-state index contributed by atoms with van der Waals surface area (Å²) in [6, 6.07) is 15.0. The zero-order chi connectivity index (χ0) is 16.9. The van der Waals surface area contributed by atoms with E-state index in [9.17, 15) is 9.00 Å². The molecule has 0 bridgehead atoms. The Morgan fingerprint density at radius 2 is 2.08 bits per heavy atom. The van der Waals surface area contributed by atoms with Gasteiger partial charge in [-0.05, 0) is 30.2 Å². The van der Waals surface area contributed by atoms with Crippen molar-refractivity contribution in [3.05, 3.63) is 65.2 Å². The van der Waals surface area contributed by atoms with Gasteiger partial charge in [-0.25, -0.2) is 4.79 Å². The number of ether oxygens (including phenoxy) is 2. The smallest absolute Gasteiger partial charge is 0.338 e. The third-order valence-corrected chi connectivity index (χ3v) is 4.77. The van der Waals surface area contributed by atoms with Gasteiger partial charge in [-0.2, -0.15) is 0 Å². The molecule has 2 aromatic rings. The predicted octanol–water partition coefficient (Wildman–Crippen LogP) is 3.29. The first kappa shape index (κ1) is 16.7. The van der Waals surface area contributed by atoms with Gasteiger partial charge in [0.1, 0.15) is 5.75 Å². The van der Waals surface area contributed by atoms with E-state index < -0.39 is 10.8 Å². The highest BCUT2D eigenvalue weighted by molar-refractivity contribution is 7.83. The van der Waals surface area contributed by atoms with Crippen molar-refractivity contribution >= 4 is 16.8 Å². The Labute approximate surface area is 144 Å². The summed E-state index contributed by atoms with van der Waals surface area (Å²) in [6.07, 6.45) is 2.48. The van der Waals surface area contributed by atoms with Crippen LogP contribution >= 0.6 is 0 Å². The Hall–Kier alpha value is -2.14. The van der Waals surface area contributed by atoms with Gasteiger partial charge in [-0.3, -0.25) is 4.21 Å². The molecular formula is C19H20O4S. The number of carbonyl (C=O) groups is 1. The molecule has 0 radical (unpaired) electrons. The van der Waals surface area contributed by atoms with Crippen molar-refractivity contribution in [2.45, 2.75) is 18.1 Å². The van der Waals surface area contributed by atoms with Crippen molar-refractivity contribution in [1.82, 2.24) is 0 Å². The van der Waals surface area contributed by atoms with Crippen LogP contribution in [0.15, 0.2) is 48.5 Å². The van der Waals surface area contributed by atoms with Crippen molar-refractivity contribution in [3.63, 3.8) is 0 Å². The van der Waals surface area contributed by atoms with Gasteiger partial charge in [0.15, 0.2) is 0 Å². The summed E-state index contributed by atoms with van der Waals surface area (Å²) >= 11 is 0. The predicted molar refractivity (Wildman–Crippen MR) is 93.8 cm³/mol. The van der Waals surface area contributed by atoms with E-state index in [0.29, 0.717) is 24.5 Å². The Kier molecular flexibility index (Phi) is 5.30. The summed E-state index contributed by atoms with van der Waals surface area (Å²) in [5, 5.41) is 0. The molecule has 0 aromatic heterocycles. The third kappa shape index (κ3) is 4.03. The topological polar surface area (TPSA) is 52.6 Å². The molecule has 0 unspecified atom stereocenters. The van der Waals surface area contributed by atoms with Gasteiger partial charge in [0.05, 0.1) is 18.8 Å². The van der Waals surface area contributed by atoms with Crippen molar-refractivity contribution < 1.29 is 18.5 Å². The van der Waals surface area contributed by atoms with Crippen LogP contribution in [0.5, 0.6) is 5.75 Å². The fourth-order valence-electron chi connectivity index (χ4n) is 2.87. The van der Waals surface area contributed by atoms with Crippen molar-refractivity contribution in [2.75, 3.05) is 19.5 Å². The van der Waals surface area contributed by atoms with E-state index in [4.69, 9.17) is 9.47 Å². The first-order valence-corrected chi connectivity index (χ1v) is 9.64. The molecule has 1 aliphatic rings. The van der Waals surface area contributed by atoms with Crippen LogP contribution in [-0.4, -0.2) is 29.6 Å². The normalized spacial score (nSPS) is 17.5. The molecule has 1 aliphatic heterocycles. The number of hydrogen-bond donors (Lipinski definition) is 0. The second-order valence-electron chi connectivity index (χ2n) is 5.89. The molecule has 0 spiro atoms. The average molecular weight is 344 g/mol. The summed E-state index contributed by atoms with van der Waals surface area (Å²) in [5.41, 5.74) is 2.46. The number of benzene rings is 2. The molecule has 0 saturated carbocycles. The molecule has 0 saturated heterocycles. The second-order valence-corrected chi connectivity index (χ2v) is 7.32. The highest BCUT2D eigenvalue weighted by Gasteiger charge is 2.22. The Morgan fingerprint density at radius 3 is 2.92 bits per heavy atom. The van der Waals surface area contributed by atoms with E-state index in [0.717, 1.165) is 23.3 Å². The van der Waals surface area contributed by atoms with E-state index in [-0.39, 0.29) is 11.9 Å². The molecule has 2 aromatic carbocycles. The molecule has 5 heteroatoms. The lowest BCUT2D eigenvalue weighted by molar-refractivity contribution is 0.0459. The minimum atomic E-state index is -0.937. The van der Waals surface area contributed by atoms with Crippen LogP contribution in [0.3, 0.4) is 0 Å². The van der Waals surface area contributed by atoms with Crippen LogP contribution in [0.4, 0.5) is 0 Å². The fraction of sp³-hybridized carbons (Fsp3) is 0.316. The quantitative estimate of drug-likeness (QED) is 0.781.